The van der Waals surface area contributed by atoms with Gasteiger partial charge in [-0.25, -0.2) is 0 Å². The minimum absolute atomic E-state index is 0.0428. The molecular weight excluding hydrogens is 430 g/mol. The molecular formula is C27H25N3O4. The highest BCUT2D eigenvalue weighted by Crippen LogP contribution is 2.18. The van der Waals surface area contributed by atoms with E-state index >= 15 is 0 Å². The molecule has 7 nitrogen and oxygen atoms in total. The molecule has 0 aliphatic heterocycles. The third-order valence-corrected chi connectivity index (χ3v) is 4.95. The number of ether oxygens (including phenoxy) is 2. The molecule has 0 heterocycles. The second-order valence-corrected chi connectivity index (χ2v) is 7.41. The van der Waals surface area contributed by atoms with Gasteiger partial charge < -0.3 is 20.1 Å². The highest BCUT2D eigenvalue weighted by Gasteiger charge is 2.11. The van der Waals surface area contributed by atoms with E-state index in [1.54, 1.807) is 55.6 Å². The first-order valence-electron chi connectivity index (χ1n) is 10.6. The van der Waals surface area contributed by atoms with Gasteiger partial charge in [-0.2, -0.15) is 5.26 Å². The van der Waals surface area contributed by atoms with Crippen LogP contribution in [0.15, 0.2) is 84.4 Å². The van der Waals surface area contributed by atoms with Gasteiger partial charge in [0.1, 0.15) is 23.1 Å². The maximum Gasteiger partial charge on any atom is 0.266 e. The van der Waals surface area contributed by atoms with Gasteiger partial charge in [0.2, 0.25) is 0 Å². The molecule has 0 unspecified atom stereocenters. The first kappa shape index (κ1) is 24.1. The fraction of sp³-hybridized carbons (Fsp3) is 0.148. The molecule has 0 spiro atoms. The Bertz CT molecular complexity index is 1180. The van der Waals surface area contributed by atoms with Gasteiger partial charge in [-0.15, -0.1) is 0 Å². The van der Waals surface area contributed by atoms with Crippen LogP contribution in [0.2, 0.25) is 0 Å². The number of nitrogens with one attached hydrogen (secondary N) is 2. The molecule has 0 aliphatic carbocycles. The van der Waals surface area contributed by atoms with Gasteiger partial charge in [0.05, 0.1) is 13.2 Å². The molecule has 0 aromatic heterocycles. The molecule has 2 N–H and O–H groups in total. The molecule has 0 saturated carbocycles. The first-order valence-corrected chi connectivity index (χ1v) is 10.6. The quantitative estimate of drug-likeness (QED) is 0.366. The average Bonchev–Trinajstić information content (AvgIpc) is 2.87. The molecule has 3 rings (SSSR count). The summed E-state index contributed by atoms with van der Waals surface area (Å²) < 4.78 is 10.6. The van der Waals surface area contributed by atoms with Gasteiger partial charge in [-0.1, -0.05) is 42.5 Å². The summed E-state index contributed by atoms with van der Waals surface area (Å²) in [5, 5.41) is 15.0. The summed E-state index contributed by atoms with van der Waals surface area (Å²) in [6.07, 6.45) is 1.48. The summed E-state index contributed by atoms with van der Waals surface area (Å²) in [7, 11) is 1.56. The maximum absolute atomic E-state index is 12.4. The van der Waals surface area contributed by atoms with Crippen LogP contribution in [0.4, 0.5) is 5.69 Å². The van der Waals surface area contributed by atoms with Gasteiger partial charge in [-0.3, -0.25) is 9.59 Å². The molecule has 0 fully saturated rings. The van der Waals surface area contributed by atoms with Crippen molar-refractivity contribution in [3.63, 3.8) is 0 Å². The molecule has 7 heteroatoms. The lowest BCUT2D eigenvalue weighted by Crippen LogP contribution is -2.31. The number of nitrogens with zero attached hydrogens (tertiary/aromatic N) is 1. The topological polar surface area (TPSA) is 100 Å². The van der Waals surface area contributed by atoms with Gasteiger partial charge >= 0.3 is 0 Å². The summed E-state index contributed by atoms with van der Waals surface area (Å²) in [6.45, 7) is 1.78. The molecule has 3 aromatic carbocycles. The zero-order valence-electron chi connectivity index (χ0n) is 18.9. The number of methoxy groups -OCH3 is 1. The SMILES string of the molecule is COc1ccc(NC(=O)/C(C#N)=C/c2ccc(OCC(=O)N[C@@H](C)c3ccccc3)cc2)cc1. The zero-order chi connectivity index (χ0) is 24.3. The lowest BCUT2D eigenvalue weighted by Gasteiger charge is -2.14. The van der Waals surface area contributed by atoms with Crippen molar-refractivity contribution in [3.05, 3.63) is 95.6 Å². The Balaban J connectivity index is 1.54. The number of anilines is 1. The summed E-state index contributed by atoms with van der Waals surface area (Å²) >= 11 is 0. The van der Waals surface area contributed by atoms with Crippen LogP contribution in [-0.2, 0) is 9.59 Å². The summed E-state index contributed by atoms with van der Waals surface area (Å²) in [6, 6.07) is 25.0. The van der Waals surface area contributed by atoms with Crippen LogP contribution in [0.3, 0.4) is 0 Å². The fourth-order valence-corrected chi connectivity index (χ4v) is 3.11. The van der Waals surface area contributed by atoms with Crippen LogP contribution >= 0.6 is 0 Å². The van der Waals surface area contributed by atoms with E-state index < -0.39 is 5.91 Å². The van der Waals surface area contributed by atoms with E-state index in [-0.39, 0.29) is 24.1 Å². The monoisotopic (exact) mass is 455 g/mol. The predicted molar refractivity (Wildman–Crippen MR) is 130 cm³/mol. The molecule has 0 aliphatic rings. The Hall–Kier alpha value is -4.57. The number of nitriles is 1. The van der Waals surface area contributed by atoms with Crippen LogP contribution < -0.4 is 20.1 Å². The van der Waals surface area contributed by atoms with Crippen molar-refractivity contribution < 1.29 is 19.1 Å². The highest BCUT2D eigenvalue weighted by molar-refractivity contribution is 6.09. The Labute approximate surface area is 198 Å². The molecule has 34 heavy (non-hydrogen) atoms. The van der Waals surface area contributed by atoms with Crippen molar-refractivity contribution in [2.75, 3.05) is 19.0 Å². The van der Waals surface area contributed by atoms with Crippen LogP contribution in [-0.4, -0.2) is 25.5 Å². The minimum Gasteiger partial charge on any atom is -0.497 e. The van der Waals surface area contributed by atoms with E-state index in [9.17, 15) is 14.9 Å². The molecule has 0 bridgehead atoms. The van der Waals surface area contributed by atoms with E-state index in [0.29, 0.717) is 22.7 Å². The Morgan fingerprint density at radius 3 is 2.24 bits per heavy atom. The Morgan fingerprint density at radius 2 is 1.62 bits per heavy atom. The molecule has 1 atom stereocenters. The number of amides is 2. The first-order chi connectivity index (χ1) is 16.5. The molecule has 0 saturated heterocycles. The molecule has 0 radical (unpaired) electrons. The minimum atomic E-state index is -0.516. The number of carbonyl (C=O) groups is 2. The van der Waals surface area contributed by atoms with Crippen LogP contribution in [0, 0.1) is 11.3 Å². The summed E-state index contributed by atoms with van der Waals surface area (Å²) in [5.41, 5.74) is 2.17. The number of benzene rings is 3. The van der Waals surface area contributed by atoms with Crippen molar-refractivity contribution in [2.45, 2.75) is 13.0 Å². The summed E-state index contributed by atoms with van der Waals surface area (Å²) in [5.74, 6) is 0.417. The number of rotatable bonds is 9. The second kappa shape index (κ2) is 11.9. The largest absolute Gasteiger partial charge is 0.497 e. The van der Waals surface area contributed by atoms with E-state index in [1.807, 2.05) is 43.3 Å². The average molecular weight is 456 g/mol. The number of hydrogen-bond acceptors (Lipinski definition) is 5. The third-order valence-electron chi connectivity index (χ3n) is 4.95. The third kappa shape index (κ3) is 6.97. The molecule has 172 valence electrons. The van der Waals surface area contributed by atoms with Gasteiger partial charge in [-0.05, 0) is 60.5 Å². The van der Waals surface area contributed by atoms with E-state index in [1.165, 1.54) is 6.08 Å². The van der Waals surface area contributed by atoms with Gasteiger partial charge in [0.25, 0.3) is 11.8 Å². The van der Waals surface area contributed by atoms with Crippen LogP contribution in [0.5, 0.6) is 11.5 Å². The number of hydrogen-bond donors (Lipinski definition) is 2. The fourth-order valence-electron chi connectivity index (χ4n) is 3.11. The van der Waals surface area contributed by atoms with Crippen LogP contribution in [0.25, 0.3) is 6.08 Å². The zero-order valence-corrected chi connectivity index (χ0v) is 18.9. The van der Waals surface area contributed by atoms with E-state index in [4.69, 9.17) is 9.47 Å². The van der Waals surface area contributed by atoms with Crippen LogP contribution in [0.1, 0.15) is 24.1 Å². The van der Waals surface area contributed by atoms with Gasteiger partial charge in [0.15, 0.2) is 6.61 Å². The highest BCUT2D eigenvalue weighted by atomic mass is 16.5. The molecule has 2 amide bonds. The standard InChI is InChI=1S/C27H25N3O4/c1-19(21-6-4-3-5-7-21)29-26(31)18-34-25-12-8-20(9-13-25)16-22(17-28)27(32)30-23-10-14-24(33-2)15-11-23/h3-16,19H,18H2,1-2H3,(H,29,31)(H,30,32)/b22-16+/t19-/m0/s1. The smallest absolute Gasteiger partial charge is 0.266 e. The lowest BCUT2D eigenvalue weighted by molar-refractivity contribution is -0.123. The Morgan fingerprint density at radius 1 is 0.971 bits per heavy atom. The lowest BCUT2D eigenvalue weighted by atomic mass is 10.1. The van der Waals surface area contributed by atoms with Crippen molar-refractivity contribution in [1.82, 2.24) is 5.32 Å². The van der Waals surface area contributed by atoms with E-state index in [0.717, 1.165) is 5.56 Å². The van der Waals surface area contributed by atoms with Crippen molar-refractivity contribution >= 4 is 23.6 Å². The molecule has 3 aromatic rings. The van der Waals surface area contributed by atoms with Crippen molar-refractivity contribution in [1.29, 1.82) is 5.26 Å². The number of carbonyl (C=O) groups excluding carboxylic acids is 2. The normalized spacial score (nSPS) is 11.6. The predicted octanol–water partition coefficient (Wildman–Crippen LogP) is 4.50. The second-order valence-electron chi connectivity index (χ2n) is 7.41. The van der Waals surface area contributed by atoms with Gasteiger partial charge in [0, 0.05) is 5.69 Å². The maximum atomic E-state index is 12.4. The Kier molecular flexibility index (Phi) is 8.42. The van der Waals surface area contributed by atoms with Crippen molar-refractivity contribution in [3.8, 4) is 17.6 Å². The van der Waals surface area contributed by atoms with E-state index in [2.05, 4.69) is 10.6 Å². The summed E-state index contributed by atoms with van der Waals surface area (Å²) in [4.78, 5) is 24.6. The van der Waals surface area contributed by atoms with Crippen molar-refractivity contribution in [2.24, 2.45) is 0 Å².